The highest BCUT2D eigenvalue weighted by molar-refractivity contribution is 5.85. The van der Waals surface area contributed by atoms with Gasteiger partial charge in [-0.2, -0.15) is 0 Å². The largest absolute Gasteiger partial charge is 0.785 e. The molecule has 3 aromatic rings. The van der Waals surface area contributed by atoms with Gasteiger partial charge >= 0.3 is 11.9 Å². The highest BCUT2D eigenvalue weighted by Crippen LogP contribution is 2.61. The number of fused-ring (bicyclic) bond motifs is 9. The molecule has 0 amide bonds. The number of hydrogen-bond acceptors (Lipinski definition) is 16. The van der Waals surface area contributed by atoms with Gasteiger partial charge in [0.2, 0.25) is 6.79 Å². The molecule has 7 unspecified atom stereocenters. The Labute approximate surface area is 310 Å². The van der Waals surface area contributed by atoms with E-state index in [1.54, 1.807) is 17.9 Å². The van der Waals surface area contributed by atoms with Crippen molar-refractivity contribution in [2.75, 3.05) is 40.7 Å². The van der Waals surface area contributed by atoms with Gasteiger partial charge in [-0.05, 0) is 61.1 Å². The molecule has 5 N–H and O–H groups in total. The van der Waals surface area contributed by atoms with E-state index in [1.807, 2.05) is 13.0 Å². The maximum absolute atomic E-state index is 15.6. The standard InChI is InChI=1S/C38H41N4O12/c1-15-8-19-9-21-36(46)42-22-12-51-37(47)38(20-11-24(49-4)23(44)10-18(20)6-7-39-38)13-41(48)29(30(42)28(40-21)25(19)31(45)32(15)50-5)27-26(22)35-34(52-14-53-35)16(2)33(27)54-17(3)43/h8,10-11,21-22,28-30,36,39-40,44-46H,6-7,9,12-14H2,1-5H3/q-1. The Morgan fingerprint density at radius 1 is 1.02 bits per heavy atom. The normalized spacial score (nSPS) is 29.4. The average molecular weight is 746 g/mol. The molecule has 3 aromatic carbocycles. The number of rotatable bonds is 3. The number of nitrogens with one attached hydrogen (secondary N) is 2. The lowest BCUT2D eigenvalue weighted by Crippen LogP contribution is -2.72. The third-order valence-electron chi connectivity index (χ3n) is 12.0. The lowest BCUT2D eigenvalue weighted by atomic mass is 9.71. The summed E-state index contributed by atoms with van der Waals surface area (Å²) < 4.78 is 35.3. The van der Waals surface area contributed by atoms with Crippen LogP contribution in [0.2, 0.25) is 0 Å². The zero-order valence-electron chi connectivity index (χ0n) is 30.3. The van der Waals surface area contributed by atoms with Crippen LogP contribution < -0.4 is 34.3 Å². The first-order valence-corrected chi connectivity index (χ1v) is 17.9. The second-order valence-electron chi connectivity index (χ2n) is 14.8. The molecule has 7 atom stereocenters. The highest BCUT2D eigenvalue weighted by Gasteiger charge is 2.60. The molecule has 4 bridgehead atoms. The molecular weight excluding hydrogens is 704 g/mol. The highest BCUT2D eigenvalue weighted by atomic mass is 16.7. The van der Waals surface area contributed by atoms with Crippen LogP contribution in [0.3, 0.4) is 0 Å². The number of aryl methyl sites for hydroxylation is 1. The van der Waals surface area contributed by atoms with Crippen LogP contribution in [0.15, 0.2) is 18.2 Å². The number of hydroxylamine groups is 2. The van der Waals surface area contributed by atoms with Crippen molar-refractivity contribution in [2.24, 2.45) is 0 Å². The van der Waals surface area contributed by atoms with Crippen LogP contribution in [-0.4, -0.2) is 96.2 Å². The van der Waals surface area contributed by atoms with Gasteiger partial charge in [0.05, 0.1) is 38.4 Å². The van der Waals surface area contributed by atoms with Crippen LogP contribution in [0.4, 0.5) is 0 Å². The summed E-state index contributed by atoms with van der Waals surface area (Å²) in [6, 6.07) is 0.493. The van der Waals surface area contributed by atoms with Gasteiger partial charge in [0.15, 0.2) is 40.0 Å². The number of aliphatic hydroxyl groups is 1. The molecule has 7 aliphatic heterocycles. The summed E-state index contributed by atoms with van der Waals surface area (Å²) in [6.45, 7) is 4.11. The van der Waals surface area contributed by atoms with Crippen LogP contribution in [0.1, 0.15) is 69.6 Å². The lowest BCUT2D eigenvalue weighted by Gasteiger charge is -2.62. The number of hydrogen-bond donors (Lipinski definition) is 5. The van der Waals surface area contributed by atoms with Crippen molar-refractivity contribution < 1.29 is 53.3 Å². The van der Waals surface area contributed by atoms with Gasteiger partial charge in [-0.25, -0.2) is 4.79 Å². The van der Waals surface area contributed by atoms with Gasteiger partial charge in [-0.3, -0.25) is 15.0 Å². The van der Waals surface area contributed by atoms with Crippen molar-refractivity contribution in [3.8, 4) is 40.2 Å². The molecule has 7 heterocycles. The zero-order chi connectivity index (χ0) is 38.0. The number of aromatic hydroxyl groups is 2. The summed E-state index contributed by atoms with van der Waals surface area (Å²) in [5, 5.41) is 58.1. The molecule has 7 aliphatic rings. The Bertz CT molecular complexity index is 2130. The molecule has 0 radical (unpaired) electrons. The van der Waals surface area contributed by atoms with E-state index in [0.29, 0.717) is 63.3 Å². The second-order valence-corrected chi connectivity index (χ2v) is 14.8. The molecule has 54 heavy (non-hydrogen) atoms. The quantitative estimate of drug-likeness (QED) is 0.193. The number of carbonyl (C=O) groups excluding carboxylic acids is 2. The van der Waals surface area contributed by atoms with Gasteiger partial charge in [-0.1, -0.05) is 6.07 Å². The monoisotopic (exact) mass is 745 g/mol. The van der Waals surface area contributed by atoms with Gasteiger partial charge in [0.25, 0.3) is 0 Å². The number of methoxy groups -OCH3 is 2. The number of piperazine rings is 1. The zero-order valence-corrected chi connectivity index (χ0v) is 30.3. The maximum Gasteiger partial charge on any atom is 0.332 e. The van der Waals surface area contributed by atoms with E-state index < -0.39 is 60.5 Å². The van der Waals surface area contributed by atoms with Gasteiger partial charge < -0.3 is 59.3 Å². The van der Waals surface area contributed by atoms with Gasteiger partial charge in [-0.15, -0.1) is 0 Å². The fourth-order valence-corrected chi connectivity index (χ4v) is 9.90. The summed E-state index contributed by atoms with van der Waals surface area (Å²) in [5.41, 5.74) is 2.45. The number of phenols is 2. The van der Waals surface area contributed by atoms with Crippen molar-refractivity contribution >= 4 is 11.9 Å². The Hall–Kier alpha value is -4.84. The summed E-state index contributed by atoms with van der Waals surface area (Å²) in [4.78, 5) is 29.2. The smallest absolute Gasteiger partial charge is 0.332 e. The fourth-order valence-electron chi connectivity index (χ4n) is 9.90. The molecule has 2 fully saturated rings. The molecule has 0 saturated carbocycles. The SMILES string of the molecule is COc1cc2c(cc1O)CCNC21CN([O-])C2c3c(OC(C)=O)c(C)c4c(c3C(COC1=O)N1C(O)C3Cc5cc(C)c(OC)c(O)c5C(N3)C21)OCO4. The lowest BCUT2D eigenvalue weighted by molar-refractivity contribution is -0.178. The summed E-state index contributed by atoms with van der Waals surface area (Å²) >= 11 is 0. The van der Waals surface area contributed by atoms with Crippen molar-refractivity contribution in [3.05, 3.63) is 67.9 Å². The van der Waals surface area contributed by atoms with E-state index in [4.69, 9.17) is 28.4 Å². The van der Waals surface area contributed by atoms with E-state index in [-0.39, 0.29) is 48.7 Å². The first kappa shape index (κ1) is 34.9. The molecule has 10 rings (SSSR count). The van der Waals surface area contributed by atoms with Gasteiger partial charge in [0, 0.05) is 48.3 Å². The number of carbonyl (C=O) groups is 2. The molecular formula is C38H41N4O12-. The number of aliphatic hydroxyl groups excluding tert-OH is 1. The van der Waals surface area contributed by atoms with Crippen molar-refractivity contribution in [3.63, 3.8) is 0 Å². The summed E-state index contributed by atoms with van der Waals surface area (Å²) in [5.74, 6) is -0.480. The van der Waals surface area contributed by atoms with E-state index in [0.717, 1.165) is 10.6 Å². The number of ether oxygens (including phenoxy) is 6. The predicted molar refractivity (Wildman–Crippen MR) is 188 cm³/mol. The molecule has 1 spiro atoms. The summed E-state index contributed by atoms with van der Waals surface area (Å²) in [6.07, 6.45) is -0.438. The van der Waals surface area contributed by atoms with Crippen LogP contribution >= 0.6 is 0 Å². The van der Waals surface area contributed by atoms with Crippen LogP contribution in [0.5, 0.6) is 40.2 Å². The van der Waals surface area contributed by atoms with Crippen molar-refractivity contribution in [2.45, 2.75) is 75.6 Å². The Morgan fingerprint density at radius 3 is 2.54 bits per heavy atom. The number of nitrogens with zero attached hydrogens (tertiary/aromatic N) is 2. The first-order chi connectivity index (χ1) is 25.9. The molecule has 286 valence electrons. The minimum Gasteiger partial charge on any atom is -0.785 e. The van der Waals surface area contributed by atoms with E-state index in [2.05, 4.69) is 10.6 Å². The molecule has 16 nitrogen and oxygen atoms in total. The third-order valence-corrected chi connectivity index (χ3v) is 12.0. The van der Waals surface area contributed by atoms with E-state index in [9.17, 15) is 24.9 Å². The summed E-state index contributed by atoms with van der Waals surface area (Å²) in [7, 11) is 2.87. The fraction of sp³-hybridized carbons (Fsp3) is 0.474. The molecule has 0 aromatic heterocycles. The third kappa shape index (κ3) is 4.70. The minimum atomic E-state index is -1.73. The number of benzene rings is 3. The van der Waals surface area contributed by atoms with Crippen molar-refractivity contribution in [1.29, 1.82) is 0 Å². The first-order valence-electron chi connectivity index (χ1n) is 17.9. The van der Waals surface area contributed by atoms with E-state index in [1.165, 1.54) is 27.2 Å². The predicted octanol–water partition coefficient (Wildman–Crippen LogP) is 2.14. The number of phenolic OH excluding ortho intramolecular Hbond substituents is 2. The average Bonchev–Trinajstić information content (AvgIpc) is 3.63. The topological polar surface area (TPSA) is 204 Å². The second kappa shape index (κ2) is 12.3. The molecule has 2 saturated heterocycles. The van der Waals surface area contributed by atoms with Crippen LogP contribution in [-0.2, 0) is 32.7 Å². The van der Waals surface area contributed by atoms with Crippen LogP contribution in [0.25, 0.3) is 0 Å². The maximum atomic E-state index is 15.6. The van der Waals surface area contributed by atoms with Crippen molar-refractivity contribution in [1.82, 2.24) is 20.6 Å². The molecule has 16 heteroatoms. The van der Waals surface area contributed by atoms with Gasteiger partial charge in [0.1, 0.15) is 18.6 Å². The molecule has 0 aliphatic carbocycles. The van der Waals surface area contributed by atoms with E-state index >= 15 is 5.21 Å². The Balaban J connectivity index is 1.33. The van der Waals surface area contributed by atoms with Crippen LogP contribution in [0, 0.1) is 19.1 Å². The number of esters is 2. The Kier molecular flexibility index (Phi) is 7.98. The minimum absolute atomic E-state index is 0.0924. The Morgan fingerprint density at radius 2 is 1.80 bits per heavy atom.